The van der Waals surface area contributed by atoms with Crippen molar-refractivity contribution in [2.24, 2.45) is 5.41 Å². The van der Waals surface area contributed by atoms with Crippen LogP contribution in [0.25, 0.3) is 0 Å². The van der Waals surface area contributed by atoms with E-state index in [0.29, 0.717) is 11.1 Å². The zero-order chi connectivity index (χ0) is 27.1. The topological polar surface area (TPSA) is 77.5 Å². The molecule has 7 heteroatoms. The number of carbonyl (C=O) groups excluding carboxylic acids is 4. The highest BCUT2D eigenvalue weighted by Gasteiger charge is 2.79. The highest BCUT2D eigenvalue weighted by molar-refractivity contribution is 9.10. The molecule has 1 aliphatic heterocycles. The van der Waals surface area contributed by atoms with Crippen molar-refractivity contribution in [2.75, 3.05) is 0 Å². The van der Waals surface area contributed by atoms with Crippen molar-refractivity contribution in [1.82, 2.24) is 0 Å². The molecule has 0 saturated carbocycles. The third kappa shape index (κ3) is 2.92. The Hall–Kier alpha value is -4.07. The van der Waals surface area contributed by atoms with Crippen LogP contribution in [-0.2, 0) is 4.74 Å². The largest absolute Gasteiger partial charge is 0.348 e. The SMILES string of the molecule is O=C1c2ccccc2C(=O)C12O[C@H](c1ccc(Br)cc1)C1(C(=O)c3ccccc3C1=O)[C@@H]2c1ccc(F)cc1. The number of ketones is 4. The summed E-state index contributed by atoms with van der Waals surface area (Å²) < 4.78 is 21.5. The maximum Gasteiger partial charge on any atom is 0.204 e. The molecule has 0 bridgehead atoms. The molecular formula is C32H18BrFO5. The molecule has 3 aliphatic rings. The Balaban J connectivity index is 1.59. The normalized spacial score (nSPS) is 22.1. The number of ether oxygens (including phenoxy) is 1. The van der Waals surface area contributed by atoms with Crippen molar-refractivity contribution in [2.45, 2.75) is 17.6 Å². The van der Waals surface area contributed by atoms with E-state index in [1.54, 1.807) is 72.8 Å². The number of hydrogen-bond donors (Lipinski definition) is 0. The highest BCUT2D eigenvalue weighted by atomic mass is 79.9. The first-order valence-electron chi connectivity index (χ1n) is 12.4. The predicted molar refractivity (Wildman–Crippen MR) is 142 cm³/mol. The molecule has 0 N–H and O–H groups in total. The summed E-state index contributed by atoms with van der Waals surface area (Å²) in [5, 5.41) is 0. The molecule has 2 aliphatic carbocycles. The Morgan fingerprint density at radius 3 is 1.51 bits per heavy atom. The first-order valence-corrected chi connectivity index (χ1v) is 13.2. The maximum atomic E-state index is 14.6. The van der Waals surface area contributed by atoms with Gasteiger partial charge in [-0.25, -0.2) is 4.39 Å². The van der Waals surface area contributed by atoms with Crippen LogP contribution in [0.5, 0.6) is 0 Å². The van der Waals surface area contributed by atoms with Crippen LogP contribution in [0.15, 0.2) is 102 Å². The summed E-state index contributed by atoms with van der Waals surface area (Å²) in [5.74, 6) is -4.18. The van der Waals surface area contributed by atoms with Gasteiger partial charge in [0, 0.05) is 26.7 Å². The summed E-state index contributed by atoms with van der Waals surface area (Å²) in [7, 11) is 0. The van der Waals surface area contributed by atoms with E-state index in [9.17, 15) is 23.6 Å². The van der Waals surface area contributed by atoms with Gasteiger partial charge in [-0.1, -0.05) is 88.7 Å². The van der Waals surface area contributed by atoms with Crippen LogP contribution in [0.1, 0.15) is 64.6 Å². The van der Waals surface area contributed by atoms with Crippen LogP contribution < -0.4 is 0 Å². The van der Waals surface area contributed by atoms with Crippen molar-refractivity contribution in [1.29, 1.82) is 0 Å². The van der Waals surface area contributed by atoms with E-state index in [1.807, 2.05) is 0 Å². The lowest BCUT2D eigenvalue weighted by atomic mass is 9.60. The van der Waals surface area contributed by atoms with Crippen LogP contribution in [0, 0.1) is 11.2 Å². The third-order valence-electron chi connectivity index (χ3n) is 8.21. The lowest BCUT2D eigenvalue weighted by Gasteiger charge is -2.34. The van der Waals surface area contributed by atoms with E-state index >= 15 is 0 Å². The van der Waals surface area contributed by atoms with Gasteiger partial charge < -0.3 is 4.74 Å². The first-order chi connectivity index (χ1) is 18.8. The lowest BCUT2D eigenvalue weighted by molar-refractivity contribution is -0.0210. The minimum absolute atomic E-state index is 0.164. The van der Waals surface area contributed by atoms with Crippen molar-refractivity contribution in [3.63, 3.8) is 0 Å². The van der Waals surface area contributed by atoms with Gasteiger partial charge in [0.1, 0.15) is 17.3 Å². The van der Waals surface area contributed by atoms with E-state index in [4.69, 9.17) is 4.74 Å². The molecule has 2 spiro atoms. The van der Waals surface area contributed by atoms with Crippen molar-refractivity contribution in [3.05, 3.63) is 141 Å². The molecule has 4 aromatic carbocycles. The van der Waals surface area contributed by atoms with Crippen LogP contribution in [0.4, 0.5) is 4.39 Å². The summed E-state index contributed by atoms with van der Waals surface area (Å²) >= 11 is 3.41. The van der Waals surface area contributed by atoms with Gasteiger partial charge in [0.2, 0.25) is 17.2 Å². The number of halogens is 2. The number of benzene rings is 4. The fraction of sp³-hybridized carbons (Fsp3) is 0.125. The average Bonchev–Trinajstić information content (AvgIpc) is 3.48. The van der Waals surface area contributed by atoms with Crippen molar-refractivity contribution >= 4 is 39.1 Å². The van der Waals surface area contributed by atoms with Crippen molar-refractivity contribution < 1.29 is 28.3 Å². The Morgan fingerprint density at radius 2 is 1.03 bits per heavy atom. The molecular weight excluding hydrogens is 563 g/mol. The van der Waals surface area contributed by atoms with E-state index in [2.05, 4.69) is 15.9 Å². The third-order valence-corrected chi connectivity index (χ3v) is 8.74. The number of rotatable bonds is 2. The molecule has 0 radical (unpaired) electrons. The van der Waals surface area contributed by atoms with E-state index in [-0.39, 0.29) is 22.3 Å². The molecule has 7 rings (SSSR count). The summed E-state index contributed by atoms with van der Waals surface area (Å²) in [6.07, 6.45) is -1.27. The lowest BCUT2D eigenvalue weighted by Crippen LogP contribution is -2.51. The second-order valence-electron chi connectivity index (χ2n) is 10.0. The van der Waals surface area contributed by atoms with E-state index < -0.39 is 52.0 Å². The molecule has 0 amide bonds. The molecule has 1 fully saturated rings. The molecule has 0 aromatic heterocycles. The minimum Gasteiger partial charge on any atom is -0.348 e. The zero-order valence-electron chi connectivity index (χ0n) is 20.2. The van der Waals surface area contributed by atoms with Crippen LogP contribution in [-0.4, -0.2) is 28.7 Å². The molecule has 0 unspecified atom stereocenters. The Bertz CT molecular complexity index is 1670. The number of Topliss-reactive ketones (excluding diaryl/α,β-unsaturated/α-hetero) is 4. The molecule has 1 saturated heterocycles. The maximum absolute atomic E-state index is 14.6. The van der Waals surface area contributed by atoms with Gasteiger partial charge in [0.15, 0.2) is 11.6 Å². The standard InChI is InChI=1S/C32H18BrFO5/c33-19-13-9-18(10-14-19)30-31(26(35)21-5-1-2-6-22(21)27(31)36)25(17-11-15-20(34)16-12-17)32(39-30)28(37)23-7-3-4-8-24(23)29(32)38/h1-16,25,30H/t25-,30+/m0/s1. The Labute approximate surface area is 230 Å². The van der Waals surface area contributed by atoms with Gasteiger partial charge in [0.05, 0.1) is 5.92 Å². The quantitative estimate of drug-likeness (QED) is 0.259. The first kappa shape index (κ1) is 24.0. The van der Waals surface area contributed by atoms with Crippen molar-refractivity contribution in [3.8, 4) is 0 Å². The van der Waals surface area contributed by atoms with Gasteiger partial charge in [-0.05, 0) is 35.4 Å². The molecule has 190 valence electrons. The van der Waals surface area contributed by atoms with Crippen LogP contribution in [0.2, 0.25) is 0 Å². The van der Waals surface area contributed by atoms with E-state index in [1.165, 1.54) is 24.3 Å². The van der Waals surface area contributed by atoms with Gasteiger partial charge in [0.25, 0.3) is 0 Å². The molecule has 4 aromatic rings. The molecule has 1 heterocycles. The smallest absolute Gasteiger partial charge is 0.204 e. The minimum atomic E-state index is -2.20. The number of fused-ring (bicyclic) bond motifs is 2. The van der Waals surface area contributed by atoms with Gasteiger partial charge in [-0.3, -0.25) is 19.2 Å². The monoisotopic (exact) mass is 580 g/mol. The Morgan fingerprint density at radius 1 is 0.590 bits per heavy atom. The molecule has 2 atom stereocenters. The van der Waals surface area contributed by atoms with Gasteiger partial charge >= 0.3 is 0 Å². The van der Waals surface area contributed by atoms with Crippen LogP contribution >= 0.6 is 15.9 Å². The fourth-order valence-electron chi connectivity index (χ4n) is 6.62. The van der Waals surface area contributed by atoms with E-state index in [0.717, 1.165) is 4.47 Å². The molecule has 5 nitrogen and oxygen atoms in total. The summed E-state index contributed by atoms with van der Waals surface area (Å²) in [5.41, 5.74) is -2.70. The van der Waals surface area contributed by atoms with Gasteiger partial charge in [-0.2, -0.15) is 0 Å². The van der Waals surface area contributed by atoms with Crippen LogP contribution in [0.3, 0.4) is 0 Å². The predicted octanol–water partition coefficient (Wildman–Crippen LogP) is 6.33. The summed E-state index contributed by atoms with van der Waals surface area (Å²) in [6, 6.07) is 25.0. The highest BCUT2D eigenvalue weighted by Crippen LogP contribution is 2.67. The number of hydrogen-bond acceptors (Lipinski definition) is 5. The Kier molecular flexibility index (Phi) is 5.06. The second-order valence-corrected chi connectivity index (χ2v) is 11.0. The fourth-order valence-corrected chi connectivity index (χ4v) is 6.88. The number of carbonyl (C=O) groups is 4. The van der Waals surface area contributed by atoms with Gasteiger partial charge in [-0.15, -0.1) is 0 Å². The zero-order valence-corrected chi connectivity index (χ0v) is 21.8. The summed E-state index contributed by atoms with van der Waals surface area (Å²) in [4.78, 5) is 57.7. The molecule has 39 heavy (non-hydrogen) atoms. The average molecular weight is 581 g/mol. The summed E-state index contributed by atoms with van der Waals surface area (Å²) in [6.45, 7) is 0. The second kappa shape index (κ2) is 8.21.